The summed E-state index contributed by atoms with van der Waals surface area (Å²) in [4.78, 5) is 2.62. The molecule has 7 heteroatoms. The lowest BCUT2D eigenvalue weighted by Crippen LogP contribution is -2.44. The second-order valence-electron chi connectivity index (χ2n) is 5.67. The molecule has 0 aliphatic carbocycles. The fraction of sp³-hybridized carbons (Fsp3) is 0.714. The van der Waals surface area contributed by atoms with Crippen molar-refractivity contribution < 1.29 is 0 Å². The number of anilines is 1. The molecule has 3 heterocycles. The van der Waals surface area contributed by atoms with Gasteiger partial charge in [-0.15, -0.1) is 14.8 Å². The number of hydrogen-bond acceptors (Lipinski definition) is 6. The second kappa shape index (κ2) is 6.80. The summed E-state index contributed by atoms with van der Waals surface area (Å²) in [7, 11) is 0. The Kier molecular flexibility index (Phi) is 4.59. The van der Waals surface area contributed by atoms with Crippen molar-refractivity contribution in [2.75, 3.05) is 25.0 Å². The monoisotopic (exact) mass is 289 g/mol. The quantitative estimate of drug-likeness (QED) is 0.870. The number of nitrogens with zero attached hydrogens (tertiary/aromatic N) is 6. The van der Waals surface area contributed by atoms with Crippen molar-refractivity contribution in [3.8, 4) is 0 Å². The van der Waals surface area contributed by atoms with Gasteiger partial charge >= 0.3 is 0 Å². The topological polar surface area (TPSA) is 71.2 Å². The Bertz CT molecular complexity index is 567. The van der Waals surface area contributed by atoms with Gasteiger partial charge in [-0.05, 0) is 54.9 Å². The molecule has 0 saturated carbocycles. The first-order valence-corrected chi connectivity index (χ1v) is 7.90. The highest BCUT2D eigenvalue weighted by Gasteiger charge is 2.21. The van der Waals surface area contributed by atoms with Gasteiger partial charge in [0.15, 0.2) is 5.65 Å². The van der Waals surface area contributed by atoms with E-state index in [1.54, 1.807) is 0 Å². The molecule has 0 radical (unpaired) electrons. The van der Waals surface area contributed by atoms with E-state index >= 15 is 0 Å². The molecule has 1 fully saturated rings. The number of likely N-dealkylation sites (tertiary alicyclic amines) is 1. The molecular weight excluding hydrogens is 266 g/mol. The fourth-order valence-corrected chi connectivity index (χ4v) is 2.91. The first kappa shape index (κ1) is 14.2. The van der Waals surface area contributed by atoms with Crippen LogP contribution in [-0.2, 0) is 0 Å². The summed E-state index contributed by atoms with van der Waals surface area (Å²) in [5.41, 5.74) is 0.669. The van der Waals surface area contributed by atoms with Gasteiger partial charge in [-0.2, -0.15) is 0 Å². The minimum absolute atomic E-state index is 0.608. The third kappa shape index (κ3) is 3.47. The summed E-state index contributed by atoms with van der Waals surface area (Å²) in [5.74, 6) is 0.829. The van der Waals surface area contributed by atoms with Gasteiger partial charge < -0.3 is 5.32 Å². The molecule has 2 aromatic heterocycles. The van der Waals surface area contributed by atoms with Crippen molar-refractivity contribution in [3.63, 3.8) is 0 Å². The van der Waals surface area contributed by atoms with Crippen molar-refractivity contribution in [1.82, 2.24) is 30.2 Å². The Labute approximate surface area is 124 Å². The smallest absolute Gasteiger partial charge is 0.200 e. The van der Waals surface area contributed by atoms with Crippen molar-refractivity contribution >= 4 is 11.5 Å². The molecule has 0 amide bonds. The van der Waals surface area contributed by atoms with Crippen LogP contribution in [0.5, 0.6) is 0 Å². The number of nitrogens with one attached hydrogen (secondary N) is 1. The first-order chi connectivity index (χ1) is 10.4. The molecule has 7 nitrogen and oxygen atoms in total. The maximum atomic E-state index is 4.36. The van der Waals surface area contributed by atoms with Crippen LogP contribution >= 0.6 is 0 Å². The molecule has 1 aliphatic heterocycles. The zero-order valence-corrected chi connectivity index (χ0v) is 12.6. The van der Waals surface area contributed by atoms with Gasteiger partial charge in [-0.3, -0.25) is 4.90 Å². The summed E-state index contributed by atoms with van der Waals surface area (Å²) >= 11 is 0. The number of rotatable bonds is 6. The zero-order chi connectivity index (χ0) is 14.5. The minimum Gasteiger partial charge on any atom is -0.367 e. The summed E-state index contributed by atoms with van der Waals surface area (Å²) in [6, 6.07) is 4.42. The predicted molar refractivity (Wildman–Crippen MR) is 81.2 cm³/mol. The van der Waals surface area contributed by atoms with Gasteiger partial charge in [-0.1, -0.05) is 19.8 Å². The standard InChI is InChI=1S/C14H23N7/c1-2-3-9-20-10-5-4-6-12(20)11-15-13-7-8-14-16-18-19-21(14)17-13/h7-8,12H,2-6,9-11H2,1H3,(H,15,17). The Hall–Kier alpha value is -1.76. The van der Waals surface area contributed by atoms with Crippen LogP contribution in [0.1, 0.15) is 39.0 Å². The summed E-state index contributed by atoms with van der Waals surface area (Å²) in [6.07, 6.45) is 6.47. The van der Waals surface area contributed by atoms with Crippen LogP contribution in [0, 0.1) is 0 Å². The van der Waals surface area contributed by atoms with Gasteiger partial charge in [0.05, 0.1) is 0 Å². The predicted octanol–water partition coefficient (Wildman–Crippen LogP) is 1.59. The number of aromatic nitrogens is 5. The molecule has 0 aromatic carbocycles. The number of unbranched alkanes of at least 4 members (excludes halogenated alkanes) is 1. The molecule has 1 N–H and O–H groups in total. The van der Waals surface area contributed by atoms with E-state index in [0.29, 0.717) is 11.7 Å². The molecule has 1 saturated heterocycles. The van der Waals surface area contributed by atoms with E-state index in [2.05, 4.69) is 37.8 Å². The van der Waals surface area contributed by atoms with Crippen LogP contribution in [0.4, 0.5) is 5.82 Å². The fourth-order valence-electron chi connectivity index (χ4n) is 2.91. The molecule has 1 atom stereocenters. The Balaban J connectivity index is 1.59. The maximum absolute atomic E-state index is 4.36. The summed E-state index contributed by atoms with van der Waals surface area (Å²) in [6.45, 7) is 5.63. The van der Waals surface area contributed by atoms with Gasteiger partial charge in [0.25, 0.3) is 0 Å². The Morgan fingerprint density at radius 3 is 3.19 bits per heavy atom. The largest absolute Gasteiger partial charge is 0.367 e. The van der Waals surface area contributed by atoms with E-state index in [1.165, 1.54) is 49.8 Å². The van der Waals surface area contributed by atoms with E-state index in [4.69, 9.17) is 0 Å². The zero-order valence-electron chi connectivity index (χ0n) is 12.6. The number of tetrazole rings is 1. The molecular formula is C14H23N7. The number of hydrogen-bond donors (Lipinski definition) is 1. The van der Waals surface area contributed by atoms with Gasteiger partial charge in [0.2, 0.25) is 0 Å². The lowest BCUT2D eigenvalue weighted by Gasteiger charge is -2.35. The maximum Gasteiger partial charge on any atom is 0.200 e. The molecule has 0 bridgehead atoms. The van der Waals surface area contributed by atoms with Gasteiger partial charge in [0, 0.05) is 12.6 Å². The van der Waals surface area contributed by atoms with E-state index in [9.17, 15) is 0 Å². The second-order valence-corrected chi connectivity index (χ2v) is 5.67. The van der Waals surface area contributed by atoms with Crippen LogP contribution in [0.25, 0.3) is 5.65 Å². The normalized spacial score (nSPS) is 20.0. The minimum atomic E-state index is 0.608. The highest BCUT2D eigenvalue weighted by atomic mass is 15.6. The SMILES string of the molecule is CCCCN1CCCCC1CNc1ccc2nnnn2n1. The first-order valence-electron chi connectivity index (χ1n) is 7.90. The molecule has 21 heavy (non-hydrogen) atoms. The van der Waals surface area contributed by atoms with Crippen LogP contribution in [-0.4, -0.2) is 55.8 Å². The summed E-state index contributed by atoms with van der Waals surface area (Å²) < 4.78 is 1.46. The van der Waals surface area contributed by atoms with Crippen molar-refractivity contribution in [1.29, 1.82) is 0 Å². The molecule has 3 rings (SSSR count). The Morgan fingerprint density at radius 2 is 2.29 bits per heavy atom. The average Bonchev–Trinajstić information content (AvgIpc) is 2.99. The molecule has 0 spiro atoms. The molecule has 1 unspecified atom stereocenters. The molecule has 1 aliphatic rings. The van der Waals surface area contributed by atoms with Gasteiger partial charge in [0.1, 0.15) is 5.82 Å². The average molecular weight is 289 g/mol. The number of piperidine rings is 1. The highest BCUT2D eigenvalue weighted by Crippen LogP contribution is 2.18. The van der Waals surface area contributed by atoms with Crippen LogP contribution in [0.2, 0.25) is 0 Å². The van der Waals surface area contributed by atoms with E-state index < -0.39 is 0 Å². The number of fused-ring (bicyclic) bond motifs is 1. The van der Waals surface area contributed by atoms with Gasteiger partial charge in [-0.25, -0.2) is 0 Å². The lowest BCUT2D eigenvalue weighted by molar-refractivity contribution is 0.154. The van der Waals surface area contributed by atoms with Crippen molar-refractivity contribution in [2.24, 2.45) is 0 Å². The highest BCUT2D eigenvalue weighted by molar-refractivity contribution is 5.42. The van der Waals surface area contributed by atoms with Crippen LogP contribution in [0.3, 0.4) is 0 Å². The molecule has 114 valence electrons. The van der Waals surface area contributed by atoms with Crippen molar-refractivity contribution in [2.45, 2.75) is 45.1 Å². The van der Waals surface area contributed by atoms with Crippen LogP contribution in [0.15, 0.2) is 12.1 Å². The lowest BCUT2D eigenvalue weighted by atomic mass is 10.0. The van der Waals surface area contributed by atoms with Crippen molar-refractivity contribution in [3.05, 3.63) is 12.1 Å². The van der Waals surface area contributed by atoms with E-state index in [0.717, 1.165) is 12.4 Å². The van der Waals surface area contributed by atoms with Crippen LogP contribution < -0.4 is 5.32 Å². The van der Waals surface area contributed by atoms with E-state index in [-0.39, 0.29) is 0 Å². The third-order valence-corrected chi connectivity index (χ3v) is 4.14. The third-order valence-electron chi connectivity index (χ3n) is 4.14. The van der Waals surface area contributed by atoms with E-state index in [1.807, 2.05) is 12.1 Å². The molecule has 2 aromatic rings. The summed E-state index contributed by atoms with van der Waals surface area (Å²) in [5, 5.41) is 19.1. The Morgan fingerprint density at radius 1 is 1.33 bits per heavy atom.